The van der Waals surface area contributed by atoms with Crippen molar-refractivity contribution in [3.05, 3.63) is 59.7 Å². The third kappa shape index (κ3) is 4.37. The molecular formula is C22H27NO3. The van der Waals surface area contributed by atoms with E-state index in [0.29, 0.717) is 23.1 Å². The van der Waals surface area contributed by atoms with Crippen molar-refractivity contribution >= 4 is 5.91 Å². The molecule has 0 unspecified atom stereocenters. The first kappa shape index (κ1) is 18.3. The molecule has 2 aromatic rings. The SMILES string of the molecule is COc1cc(OC)cc(C(=O)N(CCc2ccccc2)C2CCCC2)c1. The fourth-order valence-electron chi connectivity index (χ4n) is 3.66. The van der Waals surface area contributed by atoms with Crippen molar-refractivity contribution in [2.24, 2.45) is 0 Å². The van der Waals surface area contributed by atoms with E-state index in [1.165, 1.54) is 18.4 Å². The molecule has 0 spiro atoms. The van der Waals surface area contributed by atoms with Crippen LogP contribution in [0.4, 0.5) is 0 Å². The van der Waals surface area contributed by atoms with Crippen LogP contribution >= 0.6 is 0 Å². The fraction of sp³-hybridized carbons (Fsp3) is 0.409. The second-order valence-corrected chi connectivity index (χ2v) is 6.77. The lowest BCUT2D eigenvalue weighted by atomic mass is 10.1. The first-order valence-corrected chi connectivity index (χ1v) is 9.29. The van der Waals surface area contributed by atoms with E-state index in [-0.39, 0.29) is 5.91 Å². The van der Waals surface area contributed by atoms with Crippen molar-refractivity contribution in [3.8, 4) is 11.5 Å². The van der Waals surface area contributed by atoms with Gasteiger partial charge in [-0.2, -0.15) is 0 Å². The van der Waals surface area contributed by atoms with Gasteiger partial charge in [0.15, 0.2) is 0 Å². The monoisotopic (exact) mass is 353 g/mol. The number of nitrogens with zero attached hydrogens (tertiary/aromatic N) is 1. The topological polar surface area (TPSA) is 38.8 Å². The maximum Gasteiger partial charge on any atom is 0.254 e. The maximum absolute atomic E-state index is 13.3. The van der Waals surface area contributed by atoms with Gasteiger partial charge in [0.05, 0.1) is 14.2 Å². The Bertz CT molecular complexity index is 701. The lowest BCUT2D eigenvalue weighted by Gasteiger charge is -2.29. The third-order valence-corrected chi connectivity index (χ3v) is 5.11. The average molecular weight is 353 g/mol. The number of hydrogen-bond acceptors (Lipinski definition) is 3. The second kappa shape index (κ2) is 8.75. The van der Waals surface area contributed by atoms with E-state index >= 15 is 0 Å². The molecule has 4 nitrogen and oxygen atoms in total. The van der Waals surface area contributed by atoms with Gasteiger partial charge in [-0.3, -0.25) is 4.79 Å². The number of rotatable bonds is 7. The number of benzene rings is 2. The number of amides is 1. The van der Waals surface area contributed by atoms with E-state index in [4.69, 9.17) is 9.47 Å². The van der Waals surface area contributed by atoms with E-state index in [2.05, 4.69) is 12.1 Å². The summed E-state index contributed by atoms with van der Waals surface area (Å²) in [6, 6.07) is 16.1. The van der Waals surface area contributed by atoms with Crippen LogP contribution in [-0.4, -0.2) is 37.6 Å². The van der Waals surface area contributed by atoms with E-state index in [0.717, 1.165) is 25.8 Å². The number of carbonyl (C=O) groups is 1. The van der Waals surface area contributed by atoms with Crippen molar-refractivity contribution in [1.29, 1.82) is 0 Å². The number of carbonyl (C=O) groups excluding carboxylic acids is 1. The fourth-order valence-corrected chi connectivity index (χ4v) is 3.66. The van der Waals surface area contributed by atoms with E-state index in [1.54, 1.807) is 32.4 Å². The molecule has 26 heavy (non-hydrogen) atoms. The Morgan fingerprint density at radius 2 is 1.62 bits per heavy atom. The van der Waals surface area contributed by atoms with Crippen LogP contribution in [0.5, 0.6) is 11.5 Å². The van der Waals surface area contributed by atoms with Gasteiger partial charge in [-0.05, 0) is 37.0 Å². The van der Waals surface area contributed by atoms with Gasteiger partial charge in [-0.25, -0.2) is 0 Å². The van der Waals surface area contributed by atoms with Crippen LogP contribution in [0.3, 0.4) is 0 Å². The smallest absolute Gasteiger partial charge is 0.254 e. The summed E-state index contributed by atoms with van der Waals surface area (Å²) in [5.74, 6) is 1.34. The van der Waals surface area contributed by atoms with Gasteiger partial charge in [0.25, 0.3) is 5.91 Å². The van der Waals surface area contributed by atoms with Crippen LogP contribution in [0.15, 0.2) is 48.5 Å². The van der Waals surface area contributed by atoms with Gasteiger partial charge < -0.3 is 14.4 Å². The van der Waals surface area contributed by atoms with E-state index in [1.807, 2.05) is 23.1 Å². The molecule has 1 aliphatic rings. The molecule has 4 heteroatoms. The highest BCUT2D eigenvalue weighted by Crippen LogP contribution is 2.28. The molecule has 0 bridgehead atoms. The third-order valence-electron chi connectivity index (χ3n) is 5.11. The summed E-state index contributed by atoms with van der Waals surface area (Å²) in [4.78, 5) is 15.4. The summed E-state index contributed by atoms with van der Waals surface area (Å²) >= 11 is 0. The van der Waals surface area contributed by atoms with Gasteiger partial charge in [0.1, 0.15) is 11.5 Å². The number of hydrogen-bond donors (Lipinski definition) is 0. The highest BCUT2D eigenvalue weighted by Gasteiger charge is 2.27. The Morgan fingerprint density at radius 1 is 1.00 bits per heavy atom. The first-order valence-electron chi connectivity index (χ1n) is 9.29. The predicted molar refractivity (Wildman–Crippen MR) is 103 cm³/mol. The molecule has 0 saturated heterocycles. The lowest BCUT2D eigenvalue weighted by molar-refractivity contribution is 0.0683. The summed E-state index contributed by atoms with van der Waals surface area (Å²) in [6.07, 6.45) is 5.43. The maximum atomic E-state index is 13.3. The highest BCUT2D eigenvalue weighted by atomic mass is 16.5. The summed E-state index contributed by atoms with van der Waals surface area (Å²) in [6.45, 7) is 0.729. The standard InChI is InChI=1S/C22H27NO3/c1-25-20-14-18(15-21(16-20)26-2)22(24)23(19-10-6-7-11-19)13-12-17-8-4-3-5-9-17/h3-5,8-9,14-16,19H,6-7,10-13H2,1-2H3. The normalized spacial score (nSPS) is 14.2. The lowest BCUT2D eigenvalue weighted by Crippen LogP contribution is -2.40. The summed E-state index contributed by atoms with van der Waals surface area (Å²) in [5, 5.41) is 0. The largest absolute Gasteiger partial charge is 0.497 e. The van der Waals surface area contributed by atoms with Crippen LogP contribution in [0.2, 0.25) is 0 Å². The minimum absolute atomic E-state index is 0.0602. The van der Waals surface area contributed by atoms with Crippen molar-refractivity contribution in [3.63, 3.8) is 0 Å². The molecule has 3 rings (SSSR count). The summed E-state index contributed by atoms with van der Waals surface area (Å²) in [7, 11) is 3.21. The molecule has 0 aliphatic heterocycles. The molecule has 0 radical (unpaired) electrons. The zero-order valence-corrected chi connectivity index (χ0v) is 15.6. The molecule has 1 amide bonds. The van der Waals surface area contributed by atoms with Gasteiger partial charge in [0, 0.05) is 24.2 Å². The molecule has 0 heterocycles. The molecule has 0 aromatic heterocycles. The minimum Gasteiger partial charge on any atom is -0.497 e. The number of methoxy groups -OCH3 is 2. The van der Waals surface area contributed by atoms with E-state index in [9.17, 15) is 4.79 Å². The van der Waals surface area contributed by atoms with Crippen LogP contribution in [-0.2, 0) is 6.42 Å². The molecular weight excluding hydrogens is 326 g/mol. The summed E-state index contributed by atoms with van der Waals surface area (Å²) < 4.78 is 10.7. The molecule has 1 fully saturated rings. The van der Waals surface area contributed by atoms with E-state index < -0.39 is 0 Å². The Hall–Kier alpha value is -2.49. The molecule has 1 aliphatic carbocycles. The Labute approximate surface area is 155 Å². The van der Waals surface area contributed by atoms with Gasteiger partial charge in [-0.15, -0.1) is 0 Å². The molecule has 0 N–H and O–H groups in total. The van der Waals surface area contributed by atoms with Crippen molar-refractivity contribution < 1.29 is 14.3 Å². The van der Waals surface area contributed by atoms with Crippen LogP contribution in [0.25, 0.3) is 0 Å². The zero-order chi connectivity index (χ0) is 18.4. The predicted octanol–water partition coefficient (Wildman–Crippen LogP) is 4.33. The molecule has 2 aromatic carbocycles. The Balaban J connectivity index is 1.82. The number of ether oxygens (including phenoxy) is 2. The van der Waals surface area contributed by atoms with Crippen LogP contribution in [0, 0.1) is 0 Å². The second-order valence-electron chi connectivity index (χ2n) is 6.77. The average Bonchev–Trinajstić information content (AvgIpc) is 3.22. The molecule has 138 valence electrons. The van der Waals surface area contributed by atoms with Crippen molar-refractivity contribution in [1.82, 2.24) is 4.90 Å². The van der Waals surface area contributed by atoms with Gasteiger partial charge in [-0.1, -0.05) is 43.2 Å². The summed E-state index contributed by atoms with van der Waals surface area (Å²) in [5.41, 5.74) is 1.88. The highest BCUT2D eigenvalue weighted by molar-refractivity contribution is 5.95. The van der Waals surface area contributed by atoms with Crippen LogP contribution < -0.4 is 9.47 Å². The Kier molecular flexibility index (Phi) is 6.16. The van der Waals surface area contributed by atoms with Crippen molar-refractivity contribution in [2.45, 2.75) is 38.1 Å². The quantitative estimate of drug-likeness (QED) is 0.744. The molecule has 1 saturated carbocycles. The van der Waals surface area contributed by atoms with Gasteiger partial charge >= 0.3 is 0 Å². The zero-order valence-electron chi connectivity index (χ0n) is 15.6. The minimum atomic E-state index is 0.0602. The first-order chi connectivity index (χ1) is 12.7. The van der Waals surface area contributed by atoms with Crippen LogP contribution in [0.1, 0.15) is 41.6 Å². The van der Waals surface area contributed by atoms with Gasteiger partial charge in [0.2, 0.25) is 0 Å². The Morgan fingerprint density at radius 3 is 2.19 bits per heavy atom. The van der Waals surface area contributed by atoms with Crippen molar-refractivity contribution in [2.75, 3.05) is 20.8 Å². The molecule has 0 atom stereocenters.